The summed E-state index contributed by atoms with van der Waals surface area (Å²) in [5.74, 6) is -0.935. The lowest BCUT2D eigenvalue weighted by atomic mass is 10.1. The summed E-state index contributed by atoms with van der Waals surface area (Å²) in [4.78, 5) is 15.8. The van der Waals surface area contributed by atoms with E-state index in [1.54, 1.807) is 18.2 Å². The molecule has 1 aromatic carbocycles. The maximum Gasteiger partial charge on any atom is 0.337 e. The van der Waals surface area contributed by atoms with Crippen molar-refractivity contribution in [3.63, 3.8) is 0 Å². The van der Waals surface area contributed by atoms with Crippen molar-refractivity contribution in [3.05, 3.63) is 28.8 Å². The van der Waals surface area contributed by atoms with Gasteiger partial charge < -0.3 is 14.9 Å². The van der Waals surface area contributed by atoms with Gasteiger partial charge in [-0.2, -0.15) is 0 Å². The van der Waals surface area contributed by atoms with Crippen molar-refractivity contribution in [2.24, 2.45) is 0 Å². The minimum atomic E-state index is -0.935. The van der Waals surface area contributed by atoms with Gasteiger partial charge >= 0.3 is 5.97 Å². The molecule has 0 bridgehead atoms. The fourth-order valence-corrected chi connectivity index (χ4v) is 2.76. The second-order valence-electron chi connectivity index (χ2n) is 4.90. The molecule has 0 heterocycles. The molecule has 0 fully saturated rings. The molecular weight excluding hydrogens is 288 g/mol. The van der Waals surface area contributed by atoms with Gasteiger partial charge in [-0.15, -0.1) is 0 Å². The third-order valence-electron chi connectivity index (χ3n) is 3.71. The van der Waals surface area contributed by atoms with E-state index in [4.69, 9.17) is 11.6 Å². The number of benzene rings is 1. The Labute approximate surface area is 132 Å². The predicted octanol–water partition coefficient (Wildman–Crippen LogP) is 3.60. The third kappa shape index (κ3) is 4.90. The van der Waals surface area contributed by atoms with Crippen LogP contribution in [0.5, 0.6) is 0 Å². The molecule has 0 amide bonds. The van der Waals surface area contributed by atoms with E-state index in [0.29, 0.717) is 10.7 Å². The second kappa shape index (κ2) is 8.90. The molecule has 0 aromatic heterocycles. The van der Waals surface area contributed by atoms with E-state index in [-0.39, 0.29) is 5.56 Å². The largest absolute Gasteiger partial charge is 0.478 e. The highest BCUT2D eigenvalue weighted by molar-refractivity contribution is 6.34. The molecule has 0 saturated carbocycles. The van der Waals surface area contributed by atoms with Crippen molar-refractivity contribution in [3.8, 4) is 0 Å². The molecule has 0 unspecified atom stereocenters. The molecule has 0 aliphatic carbocycles. The summed E-state index contributed by atoms with van der Waals surface area (Å²) in [6.07, 6.45) is 0.986. The minimum absolute atomic E-state index is 0.271. The number of aromatic carboxylic acids is 1. The molecule has 118 valence electrons. The Morgan fingerprint density at radius 1 is 1.14 bits per heavy atom. The molecule has 0 atom stereocenters. The number of hydrogen-bond acceptors (Lipinski definition) is 3. The first-order chi connectivity index (χ1) is 10.0. The number of carboxylic acid groups (broad SMARTS) is 1. The summed E-state index contributed by atoms with van der Waals surface area (Å²) in [6.45, 7) is 10.9. The van der Waals surface area contributed by atoms with E-state index in [9.17, 15) is 9.90 Å². The van der Waals surface area contributed by atoms with Crippen LogP contribution in [-0.4, -0.2) is 48.7 Å². The van der Waals surface area contributed by atoms with Crippen molar-refractivity contribution < 1.29 is 9.90 Å². The average molecular weight is 313 g/mol. The van der Waals surface area contributed by atoms with E-state index in [1.165, 1.54) is 0 Å². The Morgan fingerprint density at radius 2 is 1.81 bits per heavy atom. The molecule has 1 N–H and O–H groups in total. The Kier molecular flexibility index (Phi) is 7.54. The quantitative estimate of drug-likeness (QED) is 0.756. The second-order valence-corrected chi connectivity index (χ2v) is 5.31. The first-order valence-electron chi connectivity index (χ1n) is 7.54. The van der Waals surface area contributed by atoms with Crippen LogP contribution in [0.4, 0.5) is 5.69 Å². The summed E-state index contributed by atoms with van der Waals surface area (Å²) in [5, 5.41) is 9.83. The fraction of sp³-hybridized carbons (Fsp3) is 0.562. The lowest BCUT2D eigenvalue weighted by Crippen LogP contribution is -2.31. The van der Waals surface area contributed by atoms with Crippen LogP contribution in [0.3, 0.4) is 0 Å². The number of rotatable bonds is 9. The topological polar surface area (TPSA) is 43.8 Å². The van der Waals surface area contributed by atoms with E-state index in [1.807, 2.05) is 6.92 Å². The maximum atomic E-state index is 11.4. The fourth-order valence-electron chi connectivity index (χ4n) is 2.46. The highest BCUT2D eigenvalue weighted by atomic mass is 35.5. The summed E-state index contributed by atoms with van der Waals surface area (Å²) >= 11 is 6.23. The van der Waals surface area contributed by atoms with Crippen LogP contribution >= 0.6 is 11.6 Å². The van der Waals surface area contributed by atoms with Crippen LogP contribution in [0.15, 0.2) is 18.2 Å². The highest BCUT2D eigenvalue weighted by Gasteiger charge is 2.18. The van der Waals surface area contributed by atoms with Gasteiger partial charge in [0.1, 0.15) is 0 Å². The molecule has 0 saturated heterocycles. The number of anilines is 1. The zero-order valence-corrected chi connectivity index (χ0v) is 13.9. The van der Waals surface area contributed by atoms with Crippen LogP contribution < -0.4 is 4.90 Å². The summed E-state index contributed by atoms with van der Waals surface area (Å²) in [6, 6.07) is 5.03. The molecule has 0 spiro atoms. The zero-order valence-electron chi connectivity index (χ0n) is 13.1. The number of carbonyl (C=O) groups is 1. The van der Waals surface area contributed by atoms with Crippen LogP contribution in [0.1, 0.15) is 37.6 Å². The van der Waals surface area contributed by atoms with Crippen molar-refractivity contribution in [2.75, 3.05) is 37.6 Å². The molecule has 1 rings (SSSR count). The summed E-state index contributed by atoms with van der Waals surface area (Å²) < 4.78 is 0. The third-order valence-corrected chi connectivity index (χ3v) is 4.02. The minimum Gasteiger partial charge on any atom is -0.478 e. The van der Waals surface area contributed by atoms with Crippen LogP contribution in [0.2, 0.25) is 5.02 Å². The Balaban J connectivity index is 2.83. The van der Waals surface area contributed by atoms with Crippen molar-refractivity contribution in [1.82, 2.24) is 4.90 Å². The smallest absolute Gasteiger partial charge is 0.337 e. The number of para-hydroxylation sites is 1. The average Bonchev–Trinajstić information content (AvgIpc) is 2.48. The Hall–Kier alpha value is -1.26. The van der Waals surface area contributed by atoms with Gasteiger partial charge in [0.2, 0.25) is 0 Å². The lowest BCUT2D eigenvalue weighted by Gasteiger charge is -2.27. The normalized spacial score (nSPS) is 10.9. The van der Waals surface area contributed by atoms with E-state index in [0.717, 1.165) is 39.1 Å². The van der Waals surface area contributed by atoms with E-state index in [2.05, 4.69) is 23.6 Å². The molecule has 1 aromatic rings. The molecule has 0 aliphatic rings. The van der Waals surface area contributed by atoms with Crippen LogP contribution in [-0.2, 0) is 0 Å². The van der Waals surface area contributed by atoms with Crippen LogP contribution in [0.25, 0.3) is 0 Å². The monoisotopic (exact) mass is 312 g/mol. The van der Waals surface area contributed by atoms with Gasteiger partial charge in [-0.05, 0) is 45.1 Å². The summed E-state index contributed by atoms with van der Waals surface area (Å²) in [7, 11) is 0. The van der Waals surface area contributed by atoms with Gasteiger partial charge in [0.25, 0.3) is 0 Å². The van der Waals surface area contributed by atoms with Gasteiger partial charge in [0.15, 0.2) is 0 Å². The van der Waals surface area contributed by atoms with Gasteiger partial charge in [-0.3, -0.25) is 0 Å². The highest BCUT2D eigenvalue weighted by Crippen LogP contribution is 2.30. The number of hydrogen-bond donors (Lipinski definition) is 1. The van der Waals surface area contributed by atoms with Gasteiger partial charge in [-0.1, -0.05) is 31.5 Å². The molecule has 0 aliphatic heterocycles. The standard InChI is InChI=1S/C16H25ClN2O2/c1-4-18(5-2)11-8-12-19(6-3)15-13(16(20)21)9-7-10-14(15)17/h7,9-10H,4-6,8,11-12H2,1-3H3,(H,20,21). The number of nitrogens with zero attached hydrogens (tertiary/aromatic N) is 2. The number of halogens is 1. The van der Waals surface area contributed by atoms with Crippen LogP contribution in [0, 0.1) is 0 Å². The molecule has 4 nitrogen and oxygen atoms in total. The molecule has 21 heavy (non-hydrogen) atoms. The van der Waals surface area contributed by atoms with Gasteiger partial charge in [0.05, 0.1) is 16.3 Å². The summed E-state index contributed by atoms with van der Waals surface area (Å²) in [5.41, 5.74) is 0.904. The first-order valence-corrected chi connectivity index (χ1v) is 7.91. The molecular formula is C16H25ClN2O2. The molecule has 0 radical (unpaired) electrons. The van der Waals surface area contributed by atoms with E-state index < -0.39 is 5.97 Å². The first kappa shape index (κ1) is 17.8. The van der Waals surface area contributed by atoms with E-state index >= 15 is 0 Å². The zero-order chi connectivity index (χ0) is 15.8. The Morgan fingerprint density at radius 3 is 2.33 bits per heavy atom. The Bertz CT molecular complexity index is 462. The van der Waals surface area contributed by atoms with Crippen molar-refractivity contribution >= 4 is 23.3 Å². The van der Waals surface area contributed by atoms with Crippen molar-refractivity contribution in [2.45, 2.75) is 27.2 Å². The SMILES string of the molecule is CCN(CC)CCCN(CC)c1c(Cl)cccc1C(=O)O. The number of carboxylic acids is 1. The predicted molar refractivity (Wildman–Crippen MR) is 88.7 cm³/mol. The van der Waals surface area contributed by atoms with Gasteiger partial charge in [0, 0.05) is 13.1 Å². The van der Waals surface area contributed by atoms with Gasteiger partial charge in [-0.25, -0.2) is 4.79 Å². The lowest BCUT2D eigenvalue weighted by molar-refractivity contribution is 0.0697. The van der Waals surface area contributed by atoms with Crippen molar-refractivity contribution in [1.29, 1.82) is 0 Å². The maximum absolute atomic E-state index is 11.4. The molecule has 5 heteroatoms.